The van der Waals surface area contributed by atoms with Crippen LogP contribution in [0.25, 0.3) is 0 Å². The van der Waals surface area contributed by atoms with Crippen molar-refractivity contribution in [3.05, 3.63) is 17.8 Å². The van der Waals surface area contributed by atoms with E-state index in [-0.39, 0.29) is 6.61 Å². The standard InChI is InChI=1S/C18H28BN3O4/c1-12-7-6-8-22(12)15-10-13(9-14(21-15)11-24-16(20)23)19-25-17(2,3)18(4,5)26-19/h9-10,12H,6-8,11H2,1-5H3,(H2,20,23). The topological polar surface area (TPSA) is 86.9 Å². The lowest BCUT2D eigenvalue weighted by Gasteiger charge is -2.32. The Labute approximate surface area is 155 Å². The third-order valence-electron chi connectivity index (χ3n) is 5.62. The second kappa shape index (κ2) is 6.74. The Morgan fingerprint density at radius 2 is 2.00 bits per heavy atom. The summed E-state index contributed by atoms with van der Waals surface area (Å²) < 4.78 is 17.3. The van der Waals surface area contributed by atoms with Crippen molar-refractivity contribution >= 4 is 24.5 Å². The van der Waals surface area contributed by atoms with E-state index < -0.39 is 24.4 Å². The minimum absolute atomic E-state index is 0.0257. The third-order valence-corrected chi connectivity index (χ3v) is 5.62. The highest BCUT2D eigenvalue weighted by Gasteiger charge is 2.52. The molecule has 2 aliphatic heterocycles. The monoisotopic (exact) mass is 361 g/mol. The van der Waals surface area contributed by atoms with Crippen molar-refractivity contribution in [2.24, 2.45) is 5.73 Å². The van der Waals surface area contributed by atoms with E-state index in [1.807, 2.05) is 39.8 Å². The van der Waals surface area contributed by atoms with Gasteiger partial charge in [-0.05, 0) is 65.1 Å². The van der Waals surface area contributed by atoms with Gasteiger partial charge in [-0.2, -0.15) is 0 Å². The van der Waals surface area contributed by atoms with Gasteiger partial charge in [0.15, 0.2) is 0 Å². The van der Waals surface area contributed by atoms with Crippen LogP contribution in [0.2, 0.25) is 0 Å². The maximum atomic E-state index is 11.0. The molecule has 7 nitrogen and oxygen atoms in total. The van der Waals surface area contributed by atoms with Crippen LogP contribution in [0.4, 0.5) is 10.6 Å². The van der Waals surface area contributed by atoms with E-state index in [1.54, 1.807) is 0 Å². The summed E-state index contributed by atoms with van der Waals surface area (Å²) in [5, 5.41) is 0. The summed E-state index contributed by atoms with van der Waals surface area (Å²) in [6.07, 6.45) is 1.45. The number of carbonyl (C=O) groups is 1. The van der Waals surface area contributed by atoms with Crippen molar-refractivity contribution < 1.29 is 18.8 Å². The van der Waals surface area contributed by atoms with Gasteiger partial charge in [-0.15, -0.1) is 0 Å². The Morgan fingerprint density at radius 3 is 2.54 bits per heavy atom. The molecule has 2 saturated heterocycles. The largest absolute Gasteiger partial charge is 0.495 e. The van der Waals surface area contributed by atoms with Gasteiger partial charge >= 0.3 is 13.2 Å². The van der Waals surface area contributed by atoms with Crippen LogP contribution in [0, 0.1) is 0 Å². The van der Waals surface area contributed by atoms with E-state index in [0.29, 0.717) is 11.7 Å². The number of pyridine rings is 1. The van der Waals surface area contributed by atoms with Crippen LogP contribution in [0.15, 0.2) is 12.1 Å². The summed E-state index contributed by atoms with van der Waals surface area (Å²) in [6.45, 7) is 11.3. The van der Waals surface area contributed by atoms with Gasteiger partial charge < -0.3 is 24.7 Å². The normalized spacial score (nSPS) is 24.1. The minimum Gasteiger partial charge on any atom is -0.443 e. The second-order valence-corrected chi connectivity index (χ2v) is 8.13. The van der Waals surface area contributed by atoms with Crippen LogP contribution >= 0.6 is 0 Å². The zero-order valence-corrected chi connectivity index (χ0v) is 16.2. The van der Waals surface area contributed by atoms with E-state index in [4.69, 9.17) is 19.8 Å². The van der Waals surface area contributed by atoms with E-state index in [2.05, 4.69) is 16.8 Å². The fourth-order valence-corrected chi connectivity index (χ4v) is 3.35. The molecule has 0 aliphatic carbocycles. The Hall–Kier alpha value is -1.80. The van der Waals surface area contributed by atoms with Crippen LogP contribution in [-0.2, 0) is 20.7 Å². The van der Waals surface area contributed by atoms with E-state index >= 15 is 0 Å². The molecule has 2 fully saturated rings. The molecular weight excluding hydrogens is 333 g/mol. The molecule has 2 aliphatic rings. The molecule has 8 heteroatoms. The first-order valence-electron chi connectivity index (χ1n) is 9.14. The molecule has 3 rings (SSSR count). The number of carbonyl (C=O) groups excluding carboxylic acids is 1. The summed E-state index contributed by atoms with van der Waals surface area (Å²) >= 11 is 0. The van der Waals surface area contributed by atoms with Crippen molar-refractivity contribution in [3.8, 4) is 0 Å². The molecule has 0 aromatic carbocycles. The lowest BCUT2D eigenvalue weighted by Crippen LogP contribution is -2.41. The van der Waals surface area contributed by atoms with Gasteiger partial charge in [0.2, 0.25) is 0 Å². The average Bonchev–Trinajstić information content (AvgIpc) is 3.06. The van der Waals surface area contributed by atoms with E-state index in [0.717, 1.165) is 30.7 Å². The van der Waals surface area contributed by atoms with Crippen molar-refractivity contribution in [2.45, 2.75) is 71.3 Å². The number of primary amides is 1. The molecule has 3 heterocycles. The van der Waals surface area contributed by atoms with Gasteiger partial charge in [0.25, 0.3) is 0 Å². The Kier molecular flexibility index (Phi) is 4.92. The highest BCUT2D eigenvalue weighted by Crippen LogP contribution is 2.36. The number of hydrogen-bond acceptors (Lipinski definition) is 6. The molecular formula is C18H28BN3O4. The number of nitrogens with zero attached hydrogens (tertiary/aromatic N) is 2. The molecule has 0 bridgehead atoms. The van der Waals surface area contributed by atoms with Gasteiger partial charge in [0.1, 0.15) is 12.4 Å². The Morgan fingerprint density at radius 1 is 1.35 bits per heavy atom. The maximum absolute atomic E-state index is 11.0. The summed E-state index contributed by atoms with van der Waals surface area (Å²) in [4.78, 5) is 17.9. The zero-order valence-electron chi connectivity index (χ0n) is 16.2. The van der Waals surface area contributed by atoms with Crippen LogP contribution in [0.5, 0.6) is 0 Å². The lowest BCUT2D eigenvalue weighted by atomic mass is 9.79. The summed E-state index contributed by atoms with van der Waals surface area (Å²) in [5.74, 6) is 0.852. The molecule has 1 aromatic rings. The quantitative estimate of drug-likeness (QED) is 0.825. The number of aromatic nitrogens is 1. The third kappa shape index (κ3) is 3.66. The van der Waals surface area contributed by atoms with E-state index in [9.17, 15) is 4.79 Å². The molecule has 0 saturated carbocycles. The molecule has 0 radical (unpaired) electrons. The van der Waals surface area contributed by atoms with Crippen LogP contribution < -0.4 is 16.1 Å². The molecule has 1 amide bonds. The molecule has 26 heavy (non-hydrogen) atoms. The van der Waals surface area contributed by atoms with Crippen LogP contribution in [0.3, 0.4) is 0 Å². The van der Waals surface area contributed by atoms with Crippen LogP contribution in [0.1, 0.15) is 53.2 Å². The van der Waals surface area contributed by atoms with Gasteiger partial charge in [-0.25, -0.2) is 9.78 Å². The second-order valence-electron chi connectivity index (χ2n) is 8.13. The zero-order chi connectivity index (χ0) is 19.1. The predicted octanol–water partition coefficient (Wildman–Crippen LogP) is 1.96. The summed E-state index contributed by atoms with van der Waals surface area (Å²) in [6, 6.07) is 4.29. The van der Waals surface area contributed by atoms with Gasteiger partial charge in [-0.1, -0.05) is 0 Å². The molecule has 1 unspecified atom stereocenters. The lowest BCUT2D eigenvalue weighted by molar-refractivity contribution is 0.00578. The summed E-state index contributed by atoms with van der Waals surface area (Å²) in [5.41, 5.74) is 5.76. The SMILES string of the molecule is CC1CCCN1c1cc(B2OC(C)(C)C(C)(C)O2)cc(COC(N)=O)n1. The molecule has 142 valence electrons. The first-order valence-corrected chi connectivity index (χ1v) is 9.14. The van der Waals surface area contributed by atoms with Crippen LogP contribution in [-0.4, -0.2) is 42.0 Å². The van der Waals surface area contributed by atoms with Gasteiger partial charge in [0, 0.05) is 12.6 Å². The molecule has 2 N–H and O–H groups in total. The molecule has 1 atom stereocenters. The Bertz CT molecular complexity index is 679. The predicted molar refractivity (Wildman–Crippen MR) is 100 cm³/mol. The summed E-state index contributed by atoms with van der Waals surface area (Å²) in [7, 11) is -0.494. The van der Waals surface area contributed by atoms with Crippen molar-refractivity contribution in [1.29, 1.82) is 0 Å². The van der Waals surface area contributed by atoms with E-state index in [1.165, 1.54) is 0 Å². The molecule has 0 spiro atoms. The fraction of sp³-hybridized carbons (Fsp3) is 0.667. The molecule has 1 aromatic heterocycles. The van der Waals surface area contributed by atoms with Crippen molar-refractivity contribution in [1.82, 2.24) is 4.98 Å². The highest BCUT2D eigenvalue weighted by molar-refractivity contribution is 6.62. The van der Waals surface area contributed by atoms with Crippen molar-refractivity contribution in [2.75, 3.05) is 11.4 Å². The number of ether oxygens (including phenoxy) is 1. The smallest absolute Gasteiger partial charge is 0.443 e. The number of amides is 1. The van der Waals surface area contributed by atoms with Crippen molar-refractivity contribution in [3.63, 3.8) is 0 Å². The fourth-order valence-electron chi connectivity index (χ4n) is 3.35. The minimum atomic E-state index is -0.816. The number of nitrogens with two attached hydrogens (primary N) is 1. The highest BCUT2D eigenvalue weighted by atomic mass is 16.7. The Balaban J connectivity index is 1.93. The number of hydrogen-bond donors (Lipinski definition) is 1. The maximum Gasteiger partial charge on any atom is 0.495 e. The van der Waals surface area contributed by atoms with Gasteiger partial charge in [-0.3, -0.25) is 0 Å². The number of rotatable bonds is 4. The number of anilines is 1. The first-order chi connectivity index (χ1) is 12.1. The van der Waals surface area contributed by atoms with Gasteiger partial charge in [0.05, 0.1) is 16.9 Å². The average molecular weight is 361 g/mol. The first kappa shape index (κ1) is 19.0.